The van der Waals surface area contributed by atoms with Crippen LogP contribution in [0.3, 0.4) is 0 Å². The summed E-state index contributed by atoms with van der Waals surface area (Å²) in [5.41, 5.74) is 4.76. The van der Waals surface area contributed by atoms with Gasteiger partial charge in [-0.1, -0.05) is 84.9 Å². The first-order chi connectivity index (χ1) is 14.9. The maximum absolute atomic E-state index is 3.73. The molecule has 7 aromatic rings. The molecule has 140 valence electrons. The summed E-state index contributed by atoms with van der Waals surface area (Å²) in [6.07, 6.45) is 0. The Morgan fingerprint density at radius 1 is 0.467 bits per heavy atom. The molecule has 0 radical (unpaired) electrons. The van der Waals surface area contributed by atoms with Crippen molar-refractivity contribution in [2.24, 2.45) is 0 Å². The highest BCUT2D eigenvalue weighted by Gasteiger charge is 2.21. The molecule has 30 heavy (non-hydrogen) atoms. The molecule has 0 saturated carbocycles. The summed E-state index contributed by atoms with van der Waals surface area (Å²) >= 11 is 0. The standard InChI is InChI=1S/C28H18N2/c1-2-10-18(11-3-1)30-27-22-15-7-5-13-20(22)19-12-4-6-14-21(19)25(27)26-23-16-8-9-17-24(23)29-28(26)30/h1-17,29H. The molecule has 2 heterocycles. The average Bonchev–Trinajstić information content (AvgIpc) is 3.34. The summed E-state index contributed by atoms with van der Waals surface area (Å²) < 4.78 is 2.40. The van der Waals surface area contributed by atoms with E-state index in [0.29, 0.717) is 0 Å². The van der Waals surface area contributed by atoms with Crippen LogP contribution in [0, 0.1) is 0 Å². The number of nitrogens with one attached hydrogen (secondary N) is 1. The fourth-order valence-corrected chi connectivity index (χ4v) is 5.10. The second-order valence-corrected chi connectivity index (χ2v) is 7.88. The number of benzene rings is 5. The summed E-state index contributed by atoms with van der Waals surface area (Å²) in [4.78, 5) is 3.73. The van der Waals surface area contributed by atoms with Gasteiger partial charge in [-0.15, -0.1) is 0 Å². The number of para-hydroxylation sites is 2. The number of nitrogens with zero attached hydrogens (tertiary/aromatic N) is 1. The van der Waals surface area contributed by atoms with Crippen LogP contribution >= 0.6 is 0 Å². The van der Waals surface area contributed by atoms with Crippen LogP contribution in [0.2, 0.25) is 0 Å². The van der Waals surface area contributed by atoms with Gasteiger partial charge in [-0.3, -0.25) is 4.57 Å². The SMILES string of the molecule is c1ccc(-n2c3[nH]c4ccccc4c3c3c4ccccc4c4ccccc4c32)cc1. The molecule has 0 amide bonds. The van der Waals surface area contributed by atoms with Crippen LogP contribution in [-0.2, 0) is 0 Å². The van der Waals surface area contributed by atoms with Gasteiger partial charge < -0.3 is 4.98 Å². The van der Waals surface area contributed by atoms with E-state index in [9.17, 15) is 0 Å². The van der Waals surface area contributed by atoms with Gasteiger partial charge in [0, 0.05) is 32.7 Å². The van der Waals surface area contributed by atoms with Crippen LogP contribution in [0.25, 0.3) is 60.1 Å². The fourth-order valence-electron chi connectivity index (χ4n) is 5.10. The summed E-state index contributed by atoms with van der Waals surface area (Å²) in [6, 6.07) is 36.9. The lowest BCUT2D eigenvalue weighted by atomic mass is 9.96. The molecule has 7 rings (SSSR count). The molecule has 5 aromatic carbocycles. The zero-order valence-corrected chi connectivity index (χ0v) is 16.3. The van der Waals surface area contributed by atoms with E-state index in [1.807, 2.05) is 0 Å². The molecule has 0 saturated heterocycles. The zero-order valence-electron chi connectivity index (χ0n) is 16.3. The summed E-state index contributed by atoms with van der Waals surface area (Å²) in [7, 11) is 0. The number of fused-ring (bicyclic) bond motifs is 10. The number of H-pyrrole nitrogens is 1. The number of aromatic nitrogens is 2. The number of rotatable bonds is 1. The number of aromatic amines is 1. The van der Waals surface area contributed by atoms with Gasteiger partial charge in [0.1, 0.15) is 5.65 Å². The molecule has 0 aliphatic rings. The first kappa shape index (κ1) is 15.8. The molecule has 0 aliphatic carbocycles. The number of hydrogen-bond acceptors (Lipinski definition) is 0. The van der Waals surface area contributed by atoms with Crippen molar-refractivity contribution in [2.45, 2.75) is 0 Å². The molecule has 0 spiro atoms. The number of hydrogen-bond donors (Lipinski definition) is 1. The van der Waals surface area contributed by atoms with Crippen LogP contribution in [-0.4, -0.2) is 9.55 Å². The van der Waals surface area contributed by atoms with Crippen LogP contribution in [0.5, 0.6) is 0 Å². The van der Waals surface area contributed by atoms with Gasteiger partial charge in [0.25, 0.3) is 0 Å². The Bertz CT molecular complexity index is 1730. The summed E-state index contributed by atoms with van der Waals surface area (Å²) in [5, 5.41) is 9.07. The van der Waals surface area contributed by atoms with E-state index in [2.05, 4.69) is 113 Å². The maximum atomic E-state index is 3.73. The van der Waals surface area contributed by atoms with Gasteiger partial charge in [0.05, 0.1) is 5.52 Å². The Morgan fingerprint density at radius 3 is 1.80 bits per heavy atom. The minimum atomic E-state index is 1.15. The third-order valence-corrected chi connectivity index (χ3v) is 6.30. The van der Waals surface area contributed by atoms with Crippen molar-refractivity contribution in [1.29, 1.82) is 0 Å². The predicted molar refractivity (Wildman–Crippen MR) is 128 cm³/mol. The monoisotopic (exact) mass is 382 g/mol. The third-order valence-electron chi connectivity index (χ3n) is 6.30. The van der Waals surface area contributed by atoms with E-state index in [0.717, 1.165) is 5.65 Å². The Morgan fingerprint density at radius 2 is 1.03 bits per heavy atom. The lowest BCUT2D eigenvalue weighted by molar-refractivity contribution is 1.16. The van der Waals surface area contributed by atoms with Crippen molar-refractivity contribution >= 4 is 54.4 Å². The van der Waals surface area contributed by atoms with Gasteiger partial charge >= 0.3 is 0 Å². The van der Waals surface area contributed by atoms with Gasteiger partial charge in [0.15, 0.2) is 0 Å². The molecule has 0 fully saturated rings. The largest absolute Gasteiger partial charge is 0.340 e. The molecule has 1 N–H and O–H groups in total. The molecule has 0 aliphatic heterocycles. The van der Waals surface area contributed by atoms with E-state index in [1.165, 1.54) is 54.4 Å². The van der Waals surface area contributed by atoms with Crippen molar-refractivity contribution < 1.29 is 0 Å². The van der Waals surface area contributed by atoms with E-state index in [1.54, 1.807) is 0 Å². The summed E-state index contributed by atoms with van der Waals surface area (Å²) in [6.45, 7) is 0. The van der Waals surface area contributed by atoms with Crippen LogP contribution in [0.1, 0.15) is 0 Å². The highest BCUT2D eigenvalue weighted by Crippen LogP contribution is 2.44. The second-order valence-electron chi connectivity index (χ2n) is 7.88. The highest BCUT2D eigenvalue weighted by molar-refractivity contribution is 6.35. The van der Waals surface area contributed by atoms with E-state index < -0.39 is 0 Å². The molecule has 0 unspecified atom stereocenters. The molecule has 2 nitrogen and oxygen atoms in total. The normalized spacial score (nSPS) is 12.0. The topological polar surface area (TPSA) is 20.7 Å². The lowest BCUT2D eigenvalue weighted by Gasteiger charge is -2.12. The van der Waals surface area contributed by atoms with Crippen molar-refractivity contribution in [3.05, 3.63) is 103 Å². The Labute approximate surface area is 173 Å². The molecular formula is C28H18N2. The molecule has 2 aromatic heterocycles. The van der Waals surface area contributed by atoms with Gasteiger partial charge in [-0.05, 0) is 34.4 Å². The molecule has 0 atom stereocenters. The third kappa shape index (κ3) is 1.93. The minimum absolute atomic E-state index is 1.15. The lowest BCUT2D eigenvalue weighted by Crippen LogP contribution is -1.95. The van der Waals surface area contributed by atoms with Crippen LogP contribution in [0.15, 0.2) is 103 Å². The molecule has 0 bridgehead atoms. The van der Waals surface area contributed by atoms with E-state index >= 15 is 0 Å². The first-order valence-electron chi connectivity index (χ1n) is 10.3. The van der Waals surface area contributed by atoms with Crippen LogP contribution < -0.4 is 0 Å². The van der Waals surface area contributed by atoms with E-state index in [-0.39, 0.29) is 0 Å². The van der Waals surface area contributed by atoms with Crippen molar-refractivity contribution in [2.75, 3.05) is 0 Å². The zero-order chi connectivity index (χ0) is 19.7. The van der Waals surface area contributed by atoms with Crippen LogP contribution in [0.4, 0.5) is 0 Å². The molecular weight excluding hydrogens is 364 g/mol. The maximum Gasteiger partial charge on any atom is 0.124 e. The minimum Gasteiger partial charge on any atom is -0.340 e. The Kier molecular flexibility index (Phi) is 3.03. The fraction of sp³-hybridized carbons (Fsp3) is 0. The Hall–Kier alpha value is -4.04. The van der Waals surface area contributed by atoms with Crippen molar-refractivity contribution in [3.63, 3.8) is 0 Å². The van der Waals surface area contributed by atoms with Crippen molar-refractivity contribution in [1.82, 2.24) is 9.55 Å². The predicted octanol–water partition coefficient (Wildman–Crippen LogP) is 7.57. The average molecular weight is 382 g/mol. The smallest absolute Gasteiger partial charge is 0.124 e. The Balaban J connectivity index is 1.90. The second kappa shape index (κ2) is 5.74. The highest BCUT2D eigenvalue weighted by atomic mass is 15.1. The van der Waals surface area contributed by atoms with Crippen molar-refractivity contribution in [3.8, 4) is 5.69 Å². The summed E-state index contributed by atoms with van der Waals surface area (Å²) in [5.74, 6) is 0. The van der Waals surface area contributed by atoms with E-state index in [4.69, 9.17) is 0 Å². The van der Waals surface area contributed by atoms with Gasteiger partial charge in [-0.25, -0.2) is 0 Å². The first-order valence-corrected chi connectivity index (χ1v) is 10.3. The van der Waals surface area contributed by atoms with Gasteiger partial charge in [-0.2, -0.15) is 0 Å². The molecule has 2 heteroatoms. The van der Waals surface area contributed by atoms with Gasteiger partial charge in [0.2, 0.25) is 0 Å². The quantitative estimate of drug-likeness (QED) is 0.283.